The summed E-state index contributed by atoms with van der Waals surface area (Å²) < 4.78 is 21.9. The Morgan fingerprint density at radius 2 is 1.95 bits per heavy atom. The van der Waals surface area contributed by atoms with Crippen LogP contribution in [0.15, 0.2) is 53.1 Å². The normalized spacial score (nSPS) is 17.7. The van der Waals surface area contributed by atoms with Crippen molar-refractivity contribution in [3.63, 3.8) is 0 Å². The van der Waals surface area contributed by atoms with Crippen LogP contribution < -0.4 is 21.3 Å². The summed E-state index contributed by atoms with van der Waals surface area (Å²) in [6.45, 7) is 1.66. The molecule has 13 nitrogen and oxygen atoms in total. The van der Waals surface area contributed by atoms with Crippen LogP contribution in [-0.2, 0) is 36.1 Å². The summed E-state index contributed by atoms with van der Waals surface area (Å²) in [4.78, 5) is 51.5. The van der Waals surface area contributed by atoms with Crippen LogP contribution >= 0.6 is 0 Å². The van der Waals surface area contributed by atoms with Gasteiger partial charge in [0.15, 0.2) is 22.2 Å². The topological polar surface area (TPSA) is 189 Å². The average Bonchev–Trinajstić information content (AvgIpc) is 3.46. The van der Waals surface area contributed by atoms with Crippen LogP contribution in [0.1, 0.15) is 41.1 Å². The van der Waals surface area contributed by atoms with Gasteiger partial charge in [0.2, 0.25) is 17.7 Å². The maximum atomic E-state index is 13.4. The Balaban J connectivity index is 1.46. The first-order chi connectivity index (χ1) is 20.7. The van der Waals surface area contributed by atoms with Gasteiger partial charge in [0, 0.05) is 24.9 Å². The molecule has 2 heterocycles. The molecule has 1 aromatic heterocycles. The first kappa shape index (κ1) is 31.8. The largest absolute Gasteiger partial charge is 0.375 e. The standard InChI is InChI=1S/C29H35N5O8S/c1-17-13-23(34-42-17)28(38)33-22(14-19-9-5-8-18-7-3-4-11-21(18)19)27(37)31-16-25(35)32-24(29(39)43(40)41-2)15-20-10-6-12-30-26(20)36/h3-5,7-9,11,13,20,22,24,29,39H,6,10,12,14-16H2,1-2H3,(H,30,36)(H,31,37)(H,32,35)(H,33,38). The van der Waals surface area contributed by atoms with E-state index in [0.29, 0.717) is 18.7 Å². The molecule has 1 aliphatic heterocycles. The first-order valence-electron chi connectivity index (χ1n) is 13.8. The number of amides is 4. The van der Waals surface area contributed by atoms with E-state index < -0.39 is 58.8 Å². The molecule has 14 heteroatoms. The molecule has 0 aliphatic carbocycles. The maximum absolute atomic E-state index is 13.4. The molecule has 5 unspecified atom stereocenters. The zero-order chi connectivity index (χ0) is 30.9. The molecular formula is C29H35N5O8S. The summed E-state index contributed by atoms with van der Waals surface area (Å²) in [5.74, 6) is -2.25. The Bertz CT molecular complexity index is 1490. The molecule has 1 fully saturated rings. The van der Waals surface area contributed by atoms with Crippen LogP contribution in [0.4, 0.5) is 0 Å². The lowest BCUT2D eigenvalue weighted by Crippen LogP contribution is -2.53. The number of aliphatic hydroxyl groups excluding tert-OH is 1. The number of carbonyl (C=O) groups is 4. The zero-order valence-corrected chi connectivity index (χ0v) is 24.6. The molecule has 4 rings (SSSR count). The summed E-state index contributed by atoms with van der Waals surface area (Å²) >= 11 is -2.15. The summed E-state index contributed by atoms with van der Waals surface area (Å²) in [5, 5.41) is 26.7. The Labute approximate surface area is 250 Å². The number of benzene rings is 2. The minimum atomic E-state index is -2.15. The van der Waals surface area contributed by atoms with Crippen LogP contribution in [0, 0.1) is 12.8 Å². The average molecular weight is 614 g/mol. The lowest BCUT2D eigenvalue weighted by atomic mass is 9.91. The van der Waals surface area contributed by atoms with E-state index in [9.17, 15) is 28.5 Å². The molecule has 43 heavy (non-hydrogen) atoms. The van der Waals surface area contributed by atoms with Crippen LogP contribution in [0.25, 0.3) is 10.8 Å². The fourth-order valence-corrected chi connectivity index (χ4v) is 5.64. The molecule has 5 atom stereocenters. The Kier molecular flexibility index (Phi) is 11.0. The second-order valence-corrected chi connectivity index (χ2v) is 11.6. The molecule has 0 saturated carbocycles. The van der Waals surface area contributed by atoms with Gasteiger partial charge >= 0.3 is 0 Å². The van der Waals surface area contributed by atoms with Crippen molar-refractivity contribution in [3.05, 3.63) is 65.5 Å². The van der Waals surface area contributed by atoms with E-state index >= 15 is 0 Å². The number of carbonyl (C=O) groups excluding carboxylic acids is 4. The fraction of sp³-hybridized carbons (Fsp3) is 0.414. The predicted octanol–water partition coefficient (Wildman–Crippen LogP) is 0.623. The van der Waals surface area contributed by atoms with E-state index in [4.69, 9.17) is 8.71 Å². The summed E-state index contributed by atoms with van der Waals surface area (Å²) in [6.07, 6.45) is 1.41. The quantitative estimate of drug-likeness (QED) is 0.184. The summed E-state index contributed by atoms with van der Waals surface area (Å²) in [5.41, 5.74) is -0.806. The molecule has 1 aliphatic rings. The smallest absolute Gasteiger partial charge is 0.274 e. The van der Waals surface area contributed by atoms with E-state index in [2.05, 4.69) is 26.4 Å². The van der Waals surface area contributed by atoms with Gasteiger partial charge in [-0.3, -0.25) is 23.4 Å². The molecule has 0 bridgehead atoms. The van der Waals surface area contributed by atoms with Gasteiger partial charge in [0.1, 0.15) is 11.8 Å². The number of hydrogen-bond acceptors (Lipinski definition) is 9. The molecule has 0 radical (unpaired) electrons. The zero-order valence-electron chi connectivity index (χ0n) is 23.8. The second-order valence-electron chi connectivity index (χ2n) is 10.3. The molecule has 2 aromatic carbocycles. The lowest BCUT2D eigenvalue weighted by Gasteiger charge is -2.29. The third-order valence-corrected chi connectivity index (χ3v) is 8.25. The van der Waals surface area contributed by atoms with E-state index in [0.717, 1.165) is 29.9 Å². The second kappa shape index (κ2) is 14.8. The highest BCUT2D eigenvalue weighted by Gasteiger charge is 2.33. The van der Waals surface area contributed by atoms with Crippen LogP contribution in [0.3, 0.4) is 0 Å². The van der Waals surface area contributed by atoms with Gasteiger partial charge in [0.05, 0.1) is 19.7 Å². The highest BCUT2D eigenvalue weighted by molar-refractivity contribution is 7.80. The Morgan fingerprint density at radius 3 is 2.67 bits per heavy atom. The number of hydrogen-bond donors (Lipinski definition) is 5. The van der Waals surface area contributed by atoms with Crippen molar-refractivity contribution in [1.29, 1.82) is 0 Å². The number of nitrogens with one attached hydrogen (secondary N) is 4. The number of piperidine rings is 1. The highest BCUT2D eigenvalue weighted by Crippen LogP contribution is 2.21. The lowest BCUT2D eigenvalue weighted by molar-refractivity contribution is -0.129. The van der Waals surface area contributed by atoms with Crippen molar-refractivity contribution >= 4 is 45.5 Å². The molecule has 0 spiro atoms. The van der Waals surface area contributed by atoms with Crippen LogP contribution in [0.5, 0.6) is 0 Å². The minimum absolute atomic E-state index is 0.000635. The summed E-state index contributed by atoms with van der Waals surface area (Å²) in [7, 11) is 1.15. The highest BCUT2D eigenvalue weighted by atomic mass is 32.2. The van der Waals surface area contributed by atoms with Gasteiger partial charge in [-0.15, -0.1) is 0 Å². The van der Waals surface area contributed by atoms with Gasteiger partial charge in [0.25, 0.3) is 5.91 Å². The molecule has 5 N–H and O–H groups in total. The van der Waals surface area contributed by atoms with Crippen molar-refractivity contribution in [3.8, 4) is 0 Å². The number of rotatable bonds is 13. The van der Waals surface area contributed by atoms with Gasteiger partial charge in [-0.2, -0.15) is 0 Å². The molecule has 1 saturated heterocycles. The predicted molar refractivity (Wildman–Crippen MR) is 157 cm³/mol. The van der Waals surface area contributed by atoms with Crippen molar-refractivity contribution in [2.24, 2.45) is 5.92 Å². The van der Waals surface area contributed by atoms with E-state index in [1.54, 1.807) is 6.92 Å². The molecule has 3 aromatic rings. The van der Waals surface area contributed by atoms with Crippen LogP contribution in [-0.4, -0.2) is 75.8 Å². The Morgan fingerprint density at radius 1 is 1.19 bits per heavy atom. The SMILES string of the molecule is COS(=O)C(O)C(CC1CCCNC1=O)NC(=O)CNC(=O)C(Cc1cccc2ccccc12)NC(=O)c1cc(C)on1. The maximum Gasteiger partial charge on any atom is 0.274 e. The summed E-state index contributed by atoms with van der Waals surface area (Å²) in [6, 6.07) is 12.5. The van der Waals surface area contributed by atoms with Crippen molar-refractivity contribution in [2.45, 2.75) is 50.1 Å². The molecule has 4 amide bonds. The first-order valence-corrected chi connectivity index (χ1v) is 15.0. The number of aryl methyl sites for hydroxylation is 1. The van der Waals surface area contributed by atoms with Crippen molar-refractivity contribution < 1.29 is 37.2 Å². The van der Waals surface area contributed by atoms with Gasteiger partial charge in [-0.25, -0.2) is 4.21 Å². The monoisotopic (exact) mass is 613 g/mol. The van der Waals surface area contributed by atoms with E-state index in [1.807, 2.05) is 42.5 Å². The number of nitrogens with zero attached hydrogens (tertiary/aromatic N) is 1. The Hall–Kier alpha value is -4.14. The molecule has 230 valence electrons. The van der Waals surface area contributed by atoms with Crippen molar-refractivity contribution in [2.75, 3.05) is 20.2 Å². The van der Waals surface area contributed by atoms with Crippen LogP contribution in [0.2, 0.25) is 0 Å². The van der Waals surface area contributed by atoms with Crippen molar-refractivity contribution in [1.82, 2.24) is 26.4 Å². The van der Waals surface area contributed by atoms with Gasteiger partial charge < -0.3 is 30.9 Å². The third-order valence-electron chi connectivity index (χ3n) is 7.20. The minimum Gasteiger partial charge on any atom is -0.375 e. The molecular weight excluding hydrogens is 578 g/mol. The van der Waals surface area contributed by atoms with Gasteiger partial charge in [-0.1, -0.05) is 47.6 Å². The number of aromatic nitrogens is 1. The van der Waals surface area contributed by atoms with E-state index in [1.165, 1.54) is 6.07 Å². The number of fused-ring (bicyclic) bond motifs is 1. The third kappa shape index (κ3) is 8.46. The number of aliphatic hydroxyl groups is 1. The van der Waals surface area contributed by atoms with E-state index in [-0.39, 0.29) is 24.4 Å². The fourth-order valence-electron chi connectivity index (χ4n) is 5.00. The van der Waals surface area contributed by atoms with Gasteiger partial charge in [-0.05, 0) is 42.5 Å².